The normalized spacial score (nSPS) is 11.1. The average molecular weight is 405 g/mol. The second-order valence-corrected chi connectivity index (χ2v) is 6.46. The molecule has 102 valence electrons. The van der Waals surface area contributed by atoms with Crippen LogP contribution in [0.3, 0.4) is 0 Å². The molecule has 0 aliphatic rings. The monoisotopic (exact) mass is 405 g/mol. The van der Waals surface area contributed by atoms with E-state index in [1.807, 2.05) is 24.3 Å². The zero-order valence-corrected chi connectivity index (χ0v) is 13.6. The van der Waals surface area contributed by atoms with Crippen LogP contribution in [0.1, 0.15) is 0 Å². The van der Waals surface area contributed by atoms with Gasteiger partial charge in [-0.2, -0.15) is 9.61 Å². The van der Waals surface area contributed by atoms with Gasteiger partial charge in [-0.1, -0.05) is 29.5 Å². The van der Waals surface area contributed by atoms with Crippen LogP contribution in [0.5, 0.6) is 0 Å². The van der Waals surface area contributed by atoms with Crippen LogP contribution in [0.2, 0.25) is 0 Å². The highest BCUT2D eigenvalue weighted by atomic mass is 127. The van der Waals surface area contributed by atoms with Gasteiger partial charge in [-0.05, 0) is 40.8 Å². The quantitative estimate of drug-likeness (QED) is 0.479. The van der Waals surface area contributed by atoms with Crippen molar-refractivity contribution in [2.24, 2.45) is 0 Å². The Labute approximate surface area is 137 Å². The molecule has 0 aliphatic heterocycles. The molecule has 0 unspecified atom stereocenters. The van der Waals surface area contributed by atoms with Gasteiger partial charge in [0, 0.05) is 27.1 Å². The fraction of sp³-hybridized carbons (Fsp3) is 0. The molecule has 21 heavy (non-hydrogen) atoms. The fourth-order valence-electron chi connectivity index (χ4n) is 2.04. The highest BCUT2D eigenvalue weighted by Gasteiger charge is 2.15. The van der Waals surface area contributed by atoms with E-state index in [0.29, 0.717) is 5.82 Å². The largest absolute Gasteiger partial charge is 0.264 e. The summed E-state index contributed by atoms with van der Waals surface area (Å²) in [4.78, 5) is 4.90. The SMILES string of the molecule is Ic1ccccc1-c1nn2c(-c3cccnc3)nnc2s1. The second-order valence-electron chi connectivity index (χ2n) is 4.35. The first kappa shape index (κ1) is 12.8. The summed E-state index contributed by atoms with van der Waals surface area (Å²) in [5, 5.41) is 14.0. The second kappa shape index (κ2) is 5.15. The first-order valence-corrected chi connectivity index (χ1v) is 8.10. The van der Waals surface area contributed by atoms with Crippen LogP contribution >= 0.6 is 33.9 Å². The maximum Gasteiger partial charge on any atom is 0.235 e. The number of aromatic nitrogens is 5. The number of pyridine rings is 1. The lowest BCUT2D eigenvalue weighted by Gasteiger charge is -1.98. The molecule has 0 fully saturated rings. The molecule has 7 heteroatoms. The molecular formula is C14H8IN5S. The minimum absolute atomic E-state index is 0.714. The third-order valence-electron chi connectivity index (χ3n) is 3.01. The predicted octanol–water partition coefficient (Wildman–Crippen LogP) is 3.52. The van der Waals surface area contributed by atoms with Crippen molar-refractivity contribution in [3.8, 4) is 22.0 Å². The van der Waals surface area contributed by atoms with E-state index in [4.69, 9.17) is 0 Å². The lowest BCUT2D eigenvalue weighted by Crippen LogP contribution is -1.91. The number of benzene rings is 1. The Balaban J connectivity index is 1.89. The van der Waals surface area contributed by atoms with Crippen LogP contribution in [-0.4, -0.2) is 24.8 Å². The predicted molar refractivity (Wildman–Crippen MR) is 90.0 cm³/mol. The first-order chi connectivity index (χ1) is 10.3. The number of rotatable bonds is 2. The molecule has 0 N–H and O–H groups in total. The third-order valence-corrected chi connectivity index (χ3v) is 4.89. The highest BCUT2D eigenvalue weighted by molar-refractivity contribution is 14.1. The van der Waals surface area contributed by atoms with E-state index in [1.165, 1.54) is 14.9 Å². The van der Waals surface area contributed by atoms with E-state index < -0.39 is 0 Å². The van der Waals surface area contributed by atoms with E-state index >= 15 is 0 Å². The lowest BCUT2D eigenvalue weighted by atomic mass is 10.2. The van der Waals surface area contributed by atoms with Gasteiger partial charge in [0.15, 0.2) is 5.82 Å². The molecule has 3 aromatic heterocycles. The lowest BCUT2D eigenvalue weighted by molar-refractivity contribution is 0.968. The molecule has 0 saturated carbocycles. The molecule has 4 rings (SSSR count). The average Bonchev–Trinajstić information content (AvgIpc) is 3.08. The van der Waals surface area contributed by atoms with Crippen molar-refractivity contribution < 1.29 is 0 Å². The van der Waals surface area contributed by atoms with Crippen LogP contribution in [0.15, 0.2) is 48.8 Å². The summed E-state index contributed by atoms with van der Waals surface area (Å²) in [7, 11) is 0. The third kappa shape index (κ3) is 2.22. The van der Waals surface area contributed by atoms with Gasteiger partial charge in [0.2, 0.25) is 4.96 Å². The maximum absolute atomic E-state index is 4.66. The number of hydrogen-bond donors (Lipinski definition) is 0. The molecule has 0 aliphatic carbocycles. The minimum Gasteiger partial charge on any atom is -0.264 e. The molecular weight excluding hydrogens is 397 g/mol. The molecule has 0 atom stereocenters. The van der Waals surface area contributed by atoms with Gasteiger partial charge in [0.05, 0.1) is 0 Å². The van der Waals surface area contributed by atoms with Crippen LogP contribution < -0.4 is 0 Å². The Kier molecular flexibility index (Phi) is 3.15. The van der Waals surface area contributed by atoms with Crippen molar-refractivity contribution in [1.29, 1.82) is 0 Å². The van der Waals surface area contributed by atoms with Gasteiger partial charge in [0.1, 0.15) is 5.01 Å². The maximum atomic E-state index is 4.66. The van der Waals surface area contributed by atoms with Crippen molar-refractivity contribution in [1.82, 2.24) is 24.8 Å². The molecule has 0 radical (unpaired) electrons. The van der Waals surface area contributed by atoms with E-state index in [0.717, 1.165) is 21.1 Å². The Bertz CT molecular complexity index is 915. The van der Waals surface area contributed by atoms with Gasteiger partial charge in [-0.15, -0.1) is 10.2 Å². The summed E-state index contributed by atoms with van der Waals surface area (Å²) in [5.41, 5.74) is 2.02. The Morgan fingerprint density at radius 3 is 2.76 bits per heavy atom. The van der Waals surface area contributed by atoms with Crippen LogP contribution in [0, 0.1) is 3.57 Å². The van der Waals surface area contributed by atoms with Crippen molar-refractivity contribution >= 4 is 38.9 Å². The molecule has 5 nitrogen and oxygen atoms in total. The van der Waals surface area contributed by atoms with E-state index in [2.05, 4.69) is 55.0 Å². The molecule has 0 amide bonds. The first-order valence-electron chi connectivity index (χ1n) is 6.20. The summed E-state index contributed by atoms with van der Waals surface area (Å²) >= 11 is 3.85. The zero-order chi connectivity index (χ0) is 14.2. The number of nitrogens with zero attached hydrogens (tertiary/aromatic N) is 5. The van der Waals surface area contributed by atoms with Crippen LogP contribution in [0.25, 0.3) is 26.9 Å². The molecule has 3 heterocycles. The van der Waals surface area contributed by atoms with E-state index in [9.17, 15) is 0 Å². The van der Waals surface area contributed by atoms with E-state index in [-0.39, 0.29) is 0 Å². The van der Waals surface area contributed by atoms with Crippen molar-refractivity contribution in [3.63, 3.8) is 0 Å². The Hall–Kier alpha value is -1.87. The van der Waals surface area contributed by atoms with Gasteiger partial charge in [0.25, 0.3) is 0 Å². The minimum atomic E-state index is 0.714. The molecule has 0 bridgehead atoms. The molecule has 4 aromatic rings. The molecule has 0 saturated heterocycles. The number of fused-ring (bicyclic) bond motifs is 1. The smallest absolute Gasteiger partial charge is 0.235 e. The van der Waals surface area contributed by atoms with Crippen molar-refractivity contribution in [2.45, 2.75) is 0 Å². The Morgan fingerprint density at radius 2 is 1.95 bits per heavy atom. The Morgan fingerprint density at radius 1 is 1.05 bits per heavy atom. The van der Waals surface area contributed by atoms with E-state index in [1.54, 1.807) is 16.9 Å². The van der Waals surface area contributed by atoms with Gasteiger partial charge in [-0.3, -0.25) is 4.98 Å². The molecule has 1 aromatic carbocycles. The van der Waals surface area contributed by atoms with Crippen molar-refractivity contribution in [3.05, 3.63) is 52.4 Å². The van der Waals surface area contributed by atoms with Crippen LogP contribution in [-0.2, 0) is 0 Å². The summed E-state index contributed by atoms with van der Waals surface area (Å²) in [5.74, 6) is 0.714. The summed E-state index contributed by atoms with van der Waals surface area (Å²) < 4.78 is 2.95. The number of hydrogen-bond acceptors (Lipinski definition) is 5. The number of halogens is 1. The van der Waals surface area contributed by atoms with Crippen LogP contribution in [0.4, 0.5) is 0 Å². The zero-order valence-electron chi connectivity index (χ0n) is 10.6. The fourth-order valence-corrected chi connectivity index (χ4v) is 3.74. The molecule has 0 spiro atoms. The van der Waals surface area contributed by atoms with Gasteiger partial charge < -0.3 is 0 Å². The highest BCUT2D eigenvalue weighted by Crippen LogP contribution is 2.30. The van der Waals surface area contributed by atoms with Gasteiger partial charge in [-0.25, -0.2) is 0 Å². The topological polar surface area (TPSA) is 56.0 Å². The summed E-state index contributed by atoms with van der Waals surface area (Å²) in [6.07, 6.45) is 3.50. The standard InChI is InChI=1S/C14H8IN5S/c15-11-6-2-1-5-10(11)13-19-20-12(17-18-14(20)21-13)9-4-3-7-16-8-9/h1-8H. The van der Waals surface area contributed by atoms with Crippen molar-refractivity contribution in [2.75, 3.05) is 0 Å². The van der Waals surface area contributed by atoms with Gasteiger partial charge >= 0.3 is 0 Å². The summed E-state index contributed by atoms with van der Waals surface area (Å²) in [6.45, 7) is 0. The summed E-state index contributed by atoms with van der Waals surface area (Å²) in [6, 6.07) is 12.0.